The van der Waals surface area contributed by atoms with Gasteiger partial charge in [-0.2, -0.15) is 11.8 Å². The average Bonchev–Trinajstić information content (AvgIpc) is 2.44. The number of nitrogens with two attached hydrogens (primary N) is 1. The molecule has 3 nitrogen and oxygen atoms in total. The van der Waals surface area contributed by atoms with Crippen molar-refractivity contribution in [2.24, 2.45) is 5.73 Å². The van der Waals surface area contributed by atoms with E-state index in [9.17, 15) is 0 Å². The van der Waals surface area contributed by atoms with Crippen LogP contribution in [0.4, 0.5) is 5.82 Å². The normalized spacial score (nSPS) is 12.3. The maximum absolute atomic E-state index is 5.83. The van der Waals surface area contributed by atoms with E-state index >= 15 is 0 Å². The maximum Gasteiger partial charge on any atom is 0.137 e. The lowest BCUT2D eigenvalue weighted by molar-refractivity contribution is 0.767. The monoisotopic (exact) mass is 305 g/mol. The summed E-state index contributed by atoms with van der Waals surface area (Å²) in [7, 11) is 0. The first-order chi connectivity index (χ1) is 9.61. The molecule has 106 valence electrons. The number of benzene rings is 1. The molecule has 1 heterocycles. The number of thioether (sulfide) groups is 1. The maximum atomic E-state index is 5.83. The van der Waals surface area contributed by atoms with Gasteiger partial charge in [-0.05, 0) is 37.5 Å². The van der Waals surface area contributed by atoms with E-state index in [1.54, 1.807) is 0 Å². The fraction of sp³-hybridized carbons (Fsp3) is 0.333. The molecule has 0 saturated heterocycles. The number of anilines is 1. The third-order valence-corrected chi connectivity index (χ3v) is 3.99. The van der Waals surface area contributed by atoms with Crippen LogP contribution < -0.4 is 11.1 Å². The quantitative estimate of drug-likeness (QED) is 0.801. The molecule has 2 aromatic rings. The molecule has 1 aromatic heterocycles. The number of nitrogens with zero attached hydrogens (tertiary/aromatic N) is 1. The third kappa shape index (κ3) is 3.61. The van der Waals surface area contributed by atoms with E-state index in [2.05, 4.69) is 23.5 Å². The lowest BCUT2D eigenvalue weighted by Crippen LogP contribution is -2.21. The molecular weight excluding hydrogens is 286 g/mol. The molecule has 3 N–H and O–H groups in total. The van der Waals surface area contributed by atoms with E-state index in [0.29, 0.717) is 11.0 Å². The SMILES string of the molecule is CSCCC(C)Nc1nc2ccccc2cc1C(N)=S. The molecule has 1 aromatic carbocycles. The van der Waals surface area contributed by atoms with Gasteiger partial charge in [-0.25, -0.2) is 4.98 Å². The summed E-state index contributed by atoms with van der Waals surface area (Å²) in [5.74, 6) is 1.90. The number of pyridine rings is 1. The predicted molar refractivity (Wildman–Crippen MR) is 93.7 cm³/mol. The van der Waals surface area contributed by atoms with E-state index in [1.807, 2.05) is 42.1 Å². The van der Waals surface area contributed by atoms with Gasteiger partial charge in [0.15, 0.2) is 0 Å². The van der Waals surface area contributed by atoms with Crippen LogP contribution in [-0.4, -0.2) is 28.0 Å². The Morgan fingerprint density at radius 2 is 2.20 bits per heavy atom. The number of aromatic nitrogens is 1. The van der Waals surface area contributed by atoms with Crippen LogP contribution in [0.1, 0.15) is 18.9 Å². The van der Waals surface area contributed by atoms with Crippen molar-refractivity contribution in [3.63, 3.8) is 0 Å². The molecule has 2 rings (SSSR count). The van der Waals surface area contributed by atoms with Crippen LogP contribution in [0.3, 0.4) is 0 Å². The van der Waals surface area contributed by atoms with Crippen LogP contribution in [0.5, 0.6) is 0 Å². The first kappa shape index (κ1) is 15.1. The lowest BCUT2D eigenvalue weighted by Gasteiger charge is -2.17. The van der Waals surface area contributed by atoms with Gasteiger partial charge in [0.25, 0.3) is 0 Å². The van der Waals surface area contributed by atoms with Crippen molar-refractivity contribution in [2.75, 3.05) is 17.3 Å². The molecular formula is C15H19N3S2. The highest BCUT2D eigenvalue weighted by Crippen LogP contribution is 2.21. The second-order valence-corrected chi connectivity index (χ2v) is 6.19. The van der Waals surface area contributed by atoms with Crippen molar-refractivity contribution >= 4 is 45.7 Å². The van der Waals surface area contributed by atoms with Gasteiger partial charge in [0.05, 0.1) is 11.1 Å². The van der Waals surface area contributed by atoms with Crippen molar-refractivity contribution in [1.29, 1.82) is 0 Å². The summed E-state index contributed by atoms with van der Waals surface area (Å²) in [4.78, 5) is 5.04. The summed E-state index contributed by atoms with van der Waals surface area (Å²) < 4.78 is 0. The number of para-hydroxylation sites is 1. The highest BCUT2D eigenvalue weighted by atomic mass is 32.2. The van der Waals surface area contributed by atoms with Gasteiger partial charge in [-0.3, -0.25) is 0 Å². The molecule has 20 heavy (non-hydrogen) atoms. The highest BCUT2D eigenvalue weighted by molar-refractivity contribution is 7.98. The fourth-order valence-electron chi connectivity index (χ4n) is 2.01. The molecule has 1 atom stereocenters. The molecule has 0 bridgehead atoms. The Labute approximate surface area is 129 Å². The summed E-state index contributed by atoms with van der Waals surface area (Å²) in [6.45, 7) is 2.15. The van der Waals surface area contributed by atoms with Crippen molar-refractivity contribution < 1.29 is 0 Å². The van der Waals surface area contributed by atoms with E-state index in [-0.39, 0.29) is 0 Å². The first-order valence-corrected chi connectivity index (χ1v) is 8.37. The first-order valence-electron chi connectivity index (χ1n) is 6.57. The van der Waals surface area contributed by atoms with Crippen molar-refractivity contribution in [2.45, 2.75) is 19.4 Å². The topological polar surface area (TPSA) is 50.9 Å². The predicted octanol–water partition coefficient (Wildman–Crippen LogP) is 3.42. The van der Waals surface area contributed by atoms with Crippen LogP contribution in [-0.2, 0) is 0 Å². The molecule has 0 aliphatic carbocycles. The molecule has 0 fully saturated rings. The molecule has 1 unspecified atom stereocenters. The van der Waals surface area contributed by atoms with Crippen molar-refractivity contribution in [1.82, 2.24) is 4.98 Å². The Bertz CT molecular complexity index is 613. The van der Waals surface area contributed by atoms with E-state index in [0.717, 1.165) is 34.5 Å². The van der Waals surface area contributed by atoms with Gasteiger partial charge in [-0.1, -0.05) is 30.4 Å². The average molecular weight is 305 g/mol. The van der Waals surface area contributed by atoms with E-state index in [1.165, 1.54) is 0 Å². The minimum absolute atomic E-state index is 0.337. The van der Waals surface area contributed by atoms with Gasteiger partial charge in [0, 0.05) is 11.4 Å². The Hall–Kier alpha value is -1.33. The zero-order chi connectivity index (χ0) is 14.5. The Kier molecular flexibility index (Phi) is 5.20. The molecule has 0 amide bonds. The van der Waals surface area contributed by atoms with Crippen molar-refractivity contribution in [3.05, 3.63) is 35.9 Å². The minimum Gasteiger partial charge on any atom is -0.389 e. The van der Waals surface area contributed by atoms with E-state index in [4.69, 9.17) is 18.0 Å². The Morgan fingerprint density at radius 3 is 2.90 bits per heavy atom. The highest BCUT2D eigenvalue weighted by Gasteiger charge is 2.11. The largest absolute Gasteiger partial charge is 0.389 e. The van der Waals surface area contributed by atoms with Gasteiger partial charge in [0.2, 0.25) is 0 Å². The van der Waals surface area contributed by atoms with Crippen LogP contribution in [0, 0.1) is 0 Å². The summed E-state index contributed by atoms with van der Waals surface area (Å²) in [6.07, 6.45) is 3.19. The number of rotatable bonds is 6. The molecule has 0 aliphatic rings. The summed E-state index contributed by atoms with van der Waals surface area (Å²) in [5, 5.41) is 4.48. The van der Waals surface area contributed by atoms with Gasteiger partial charge >= 0.3 is 0 Å². The lowest BCUT2D eigenvalue weighted by atomic mass is 10.1. The molecule has 0 spiro atoms. The minimum atomic E-state index is 0.337. The van der Waals surface area contributed by atoms with Gasteiger partial charge < -0.3 is 11.1 Å². The molecule has 0 aliphatic heterocycles. The molecule has 0 saturated carbocycles. The number of hydrogen-bond acceptors (Lipinski definition) is 4. The Balaban J connectivity index is 2.34. The standard InChI is InChI=1S/C15H19N3S2/c1-10(7-8-20-2)17-15-12(14(16)19)9-11-5-3-4-6-13(11)18-15/h3-6,9-10H,7-8H2,1-2H3,(H2,16,19)(H,17,18). The second kappa shape index (κ2) is 6.90. The van der Waals surface area contributed by atoms with Crippen LogP contribution in [0.15, 0.2) is 30.3 Å². The summed E-state index contributed by atoms with van der Waals surface area (Å²) in [5.41, 5.74) is 7.59. The zero-order valence-electron chi connectivity index (χ0n) is 11.7. The summed E-state index contributed by atoms with van der Waals surface area (Å²) >= 11 is 6.99. The molecule has 0 radical (unpaired) electrons. The number of hydrogen-bond donors (Lipinski definition) is 2. The van der Waals surface area contributed by atoms with Crippen LogP contribution >= 0.6 is 24.0 Å². The number of nitrogens with one attached hydrogen (secondary N) is 1. The second-order valence-electron chi connectivity index (χ2n) is 4.77. The molecule has 5 heteroatoms. The zero-order valence-corrected chi connectivity index (χ0v) is 13.4. The van der Waals surface area contributed by atoms with Gasteiger partial charge in [0.1, 0.15) is 10.8 Å². The Morgan fingerprint density at radius 1 is 1.45 bits per heavy atom. The smallest absolute Gasteiger partial charge is 0.137 e. The number of thiocarbonyl (C=S) groups is 1. The van der Waals surface area contributed by atoms with Crippen LogP contribution in [0.2, 0.25) is 0 Å². The fourth-order valence-corrected chi connectivity index (χ4v) is 2.76. The third-order valence-electron chi connectivity index (χ3n) is 3.13. The number of fused-ring (bicyclic) bond motifs is 1. The summed E-state index contributed by atoms with van der Waals surface area (Å²) in [6, 6.07) is 10.3. The van der Waals surface area contributed by atoms with Crippen LogP contribution in [0.25, 0.3) is 10.9 Å². The van der Waals surface area contributed by atoms with E-state index < -0.39 is 0 Å². The van der Waals surface area contributed by atoms with Crippen molar-refractivity contribution in [3.8, 4) is 0 Å². The van der Waals surface area contributed by atoms with Gasteiger partial charge in [-0.15, -0.1) is 0 Å².